The summed E-state index contributed by atoms with van der Waals surface area (Å²) in [4.78, 5) is 0. The minimum absolute atomic E-state index is 0. The van der Waals surface area contributed by atoms with E-state index in [0.717, 1.165) is 0 Å². The average molecular weight is 374 g/mol. The molecular formula is H6O3TaTiZr. The van der Waals surface area contributed by atoms with Crippen molar-refractivity contribution < 1.29 is 86.7 Å². The topological polar surface area (TPSA) is 94.5 Å². The molecule has 0 aliphatic carbocycles. The molecule has 0 bridgehead atoms. The molecule has 37 valence electrons. The molecule has 0 aliphatic rings. The molecule has 0 aliphatic heterocycles. The van der Waals surface area contributed by atoms with Gasteiger partial charge in [0.05, 0.1) is 0 Å². The fraction of sp³-hybridized carbons (Fsp3) is 0. The van der Waals surface area contributed by atoms with E-state index in [-0.39, 0.29) is 86.7 Å². The third kappa shape index (κ3) is 34.4. The third-order valence-electron chi connectivity index (χ3n) is 0. The maximum absolute atomic E-state index is 0. The second kappa shape index (κ2) is 56.7. The van der Waals surface area contributed by atoms with Gasteiger partial charge in [0, 0.05) is 70.3 Å². The van der Waals surface area contributed by atoms with Gasteiger partial charge in [-0.15, -0.1) is 0 Å². The molecule has 6 heavy (non-hydrogen) atoms. The quantitative estimate of drug-likeness (QED) is 0.420. The first kappa shape index (κ1) is 87.0. The smallest absolute Gasteiger partial charge is 0 e. The summed E-state index contributed by atoms with van der Waals surface area (Å²) < 4.78 is 0. The van der Waals surface area contributed by atoms with Gasteiger partial charge in [-0.1, -0.05) is 0 Å². The molecule has 0 saturated carbocycles. The molecule has 0 aromatic rings. The van der Waals surface area contributed by atoms with Gasteiger partial charge in [-0.05, 0) is 0 Å². The first-order valence-corrected chi connectivity index (χ1v) is 0. The van der Waals surface area contributed by atoms with Crippen LogP contribution in [0.25, 0.3) is 0 Å². The van der Waals surface area contributed by atoms with E-state index < -0.39 is 0 Å². The molecule has 0 saturated heterocycles. The fourth-order valence-electron chi connectivity index (χ4n) is 0. The van der Waals surface area contributed by atoms with Crippen molar-refractivity contribution >= 4 is 0 Å². The maximum atomic E-state index is 0. The van der Waals surface area contributed by atoms with E-state index in [1.54, 1.807) is 0 Å². The summed E-state index contributed by atoms with van der Waals surface area (Å²) in [6, 6.07) is 0. The van der Waals surface area contributed by atoms with Gasteiger partial charge in [0.15, 0.2) is 0 Å². The monoisotopic (exact) mass is 373 g/mol. The van der Waals surface area contributed by atoms with Crippen molar-refractivity contribution in [2.45, 2.75) is 0 Å². The molecule has 6 heteroatoms. The van der Waals surface area contributed by atoms with Crippen LogP contribution in [0, 0.1) is 0 Å². The van der Waals surface area contributed by atoms with E-state index >= 15 is 0 Å². The van der Waals surface area contributed by atoms with Gasteiger partial charge in [0.25, 0.3) is 0 Å². The Labute approximate surface area is 85.7 Å². The summed E-state index contributed by atoms with van der Waals surface area (Å²) in [5.74, 6) is 0. The summed E-state index contributed by atoms with van der Waals surface area (Å²) in [6.07, 6.45) is 0. The van der Waals surface area contributed by atoms with Gasteiger partial charge in [-0.25, -0.2) is 0 Å². The molecule has 1 radical (unpaired) electrons. The van der Waals surface area contributed by atoms with Gasteiger partial charge < -0.3 is 16.4 Å². The Morgan fingerprint density at radius 2 is 0.667 bits per heavy atom. The molecule has 6 N–H and O–H groups in total. The van der Waals surface area contributed by atoms with Crippen LogP contribution in [0.4, 0.5) is 0 Å². The zero-order valence-electron chi connectivity index (χ0n) is 2.95. The van der Waals surface area contributed by atoms with Crippen LogP contribution in [0.3, 0.4) is 0 Å². The Bertz CT molecular complexity index is 10.8. The second-order valence-corrected chi connectivity index (χ2v) is 0. The van der Waals surface area contributed by atoms with Crippen molar-refractivity contribution in [3.05, 3.63) is 0 Å². The van der Waals surface area contributed by atoms with Crippen LogP contribution < -0.4 is 0 Å². The van der Waals surface area contributed by atoms with Crippen molar-refractivity contribution in [3.63, 3.8) is 0 Å². The van der Waals surface area contributed by atoms with Crippen LogP contribution >= 0.6 is 0 Å². The first-order valence-electron chi connectivity index (χ1n) is 0. The largest absolute Gasteiger partial charge is 0.412 e. The Morgan fingerprint density at radius 1 is 0.667 bits per heavy atom. The molecule has 0 unspecified atom stereocenters. The maximum Gasteiger partial charge on any atom is 0 e. The van der Waals surface area contributed by atoms with E-state index in [4.69, 9.17) is 0 Å². The molecule has 0 aromatic heterocycles. The van der Waals surface area contributed by atoms with Gasteiger partial charge in [0.1, 0.15) is 0 Å². The van der Waals surface area contributed by atoms with E-state index in [0.29, 0.717) is 0 Å². The minimum atomic E-state index is 0. The SMILES string of the molecule is O.O.O.[Ta].[Ti].[Zr]. The van der Waals surface area contributed by atoms with E-state index in [1.807, 2.05) is 0 Å². The molecule has 0 aromatic carbocycles. The first-order chi connectivity index (χ1) is 0. The Morgan fingerprint density at radius 3 is 0.667 bits per heavy atom. The summed E-state index contributed by atoms with van der Waals surface area (Å²) in [7, 11) is 0. The summed E-state index contributed by atoms with van der Waals surface area (Å²) >= 11 is 0. The van der Waals surface area contributed by atoms with Crippen LogP contribution in [0.2, 0.25) is 0 Å². The standard InChI is InChI=1S/3H2O.Ta.Ti.Zr/h3*1H2;;;. The van der Waals surface area contributed by atoms with E-state index in [9.17, 15) is 0 Å². The molecule has 0 heterocycles. The summed E-state index contributed by atoms with van der Waals surface area (Å²) in [5, 5.41) is 0. The van der Waals surface area contributed by atoms with Gasteiger partial charge in [0.2, 0.25) is 0 Å². The average Bonchev–Trinajstić information content (AvgIpc) is 0. The molecular weight excluding hydrogens is 368 g/mol. The summed E-state index contributed by atoms with van der Waals surface area (Å²) in [5.41, 5.74) is 0. The van der Waals surface area contributed by atoms with Crippen molar-refractivity contribution in [3.8, 4) is 0 Å². The molecule has 3 nitrogen and oxygen atoms in total. The molecule has 0 atom stereocenters. The predicted molar refractivity (Wildman–Crippen MR) is 10.8 cm³/mol. The molecule has 0 amide bonds. The van der Waals surface area contributed by atoms with Gasteiger partial charge >= 0.3 is 0 Å². The van der Waals surface area contributed by atoms with Gasteiger partial charge in [-0.2, -0.15) is 0 Å². The van der Waals surface area contributed by atoms with Crippen molar-refractivity contribution in [2.24, 2.45) is 0 Å². The molecule has 0 rings (SSSR count). The molecule has 0 fully saturated rings. The predicted octanol–water partition coefficient (Wildman–Crippen LogP) is -2.48. The number of hydrogen-bond donors (Lipinski definition) is 0. The van der Waals surface area contributed by atoms with E-state index in [2.05, 4.69) is 0 Å². The third-order valence-corrected chi connectivity index (χ3v) is 0. The number of hydrogen-bond acceptors (Lipinski definition) is 0. The zero-order valence-corrected chi connectivity index (χ0v) is 10.2. The van der Waals surface area contributed by atoms with Crippen LogP contribution in [-0.2, 0) is 70.3 Å². The Hall–Kier alpha value is 2.22. The van der Waals surface area contributed by atoms with Crippen LogP contribution in [0.5, 0.6) is 0 Å². The fourth-order valence-corrected chi connectivity index (χ4v) is 0. The second-order valence-electron chi connectivity index (χ2n) is 0. The summed E-state index contributed by atoms with van der Waals surface area (Å²) in [6.45, 7) is 0. The Balaban J connectivity index is 0. The Kier molecular flexibility index (Phi) is 823. The van der Waals surface area contributed by atoms with Crippen LogP contribution in [0.1, 0.15) is 0 Å². The van der Waals surface area contributed by atoms with Crippen LogP contribution in [0.15, 0.2) is 0 Å². The van der Waals surface area contributed by atoms with Crippen molar-refractivity contribution in [2.75, 3.05) is 0 Å². The normalized spacial score (nSPS) is 0. The number of rotatable bonds is 0. The zero-order chi connectivity index (χ0) is 0. The minimum Gasteiger partial charge on any atom is -0.412 e. The van der Waals surface area contributed by atoms with E-state index in [1.165, 1.54) is 0 Å². The van der Waals surface area contributed by atoms with Crippen molar-refractivity contribution in [1.82, 2.24) is 0 Å². The molecule has 0 spiro atoms. The van der Waals surface area contributed by atoms with Crippen molar-refractivity contribution in [1.29, 1.82) is 0 Å². The van der Waals surface area contributed by atoms with Crippen LogP contribution in [-0.4, -0.2) is 16.4 Å². The van der Waals surface area contributed by atoms with Gasteiger partial charge in [-0.3, -0.25) is 0 Å².